The van der Waals surface area contributed by atoms with Crippen molar-refractivity contribution < 1.29 is 0 Å². The Morgan fingerprint density at radius 1 is 1.00 bits per heavy atom. The molecule has 2 aromatic rings. The number of aromatic nitrogens is 1. The van der Waals surface area contributed by atoms with Crippen molar-refractivity contribution in [2.45, 2.75) is 32.0 Å². The quantitative estimate of drug-likeness (QED) is 0.886. The average Bonchev–Trinajstić information content (AvgIpc) is 3.46. The fourth-order valence-corrected chi connectivity index (χ4v) is 3.38. The molecule has 2 heterocycles. The van der Waals surface area contributed by atoms with Gasteiger partial charge in [-0.2, -0.15) is 0 Å². The lowest BCUT2D eigenvalue weighted by Gasteiger charge is -2.36. The van der Waals surface area contributed by atoms with Crippen LogP contribution in [0.25, 0.3) is 0 Å². The third kappa shape index (κ3) is 3.94. The van der Waals surface area contributed by atoms with Gasteiger partial charge < -0.3 is 10.2 Å². The van der Waals surface area contributed by atoms with E-state index in [2.05, 4.69) is 56.5 Å². The van der Waals surface area contributed by atoms with E-state index in [1.807, 2.05) is 12.4 Å². The molecule has 4 nitrogen and oxygen atoms in total. The van der Waals surface area contributed by atoms with Gasteiger partial charge in [0.05, 0.1) is 11.9 Å². The van der Waals surface area contributed by atoms with Gasteiger partial charge in [-0.25, -0.2) is 0 Å². The molecule has 4 heteroatoms. The second-order valence-corrected chi connectivity index (χ2v) is 6.91. The van der Waals surface area contributed by atoms with Crippen molar-refractivity contribution in [3.05, 3.63) is 59.9 Å². The summed E-state index contributed by atoms with van der Waals surface area (Å²) in [6.07, 6.45) is 6.62. The molecule has 1 aliphatic carbocycles. The van der Waals surface area contributed by atoms with Crippen LogP contribution in [0.2, 0.25) is 0 Å². The number of pyridine rings is 1. The number of benzene rings is 1. The minimum Gasteiger partial charge on any atom is -0.367 e. The first kappa shape index (κ1) is 15.6. The summed E-state index contributed by atoms with van der Waals surface area (Å²) in [6.45, 7) is 6.40. The molecular weight excluding hydrogens is 296 g/mol. The molecule has 2 aliphatic rings. The smallest absolute Gasteiger partial charge is 0.0599 e. The lowest BCUT2D eigenvalue weighted by molar-refractivity contribution is 0.249. The van der Waals surface area contributed by atoms with Crippen LogP contribution in [0.15, 0.2) is 48.8 Å². The third-order valence-corrected chi connectivity index (χ3v) is 5.01. The maximum Gasteiger partial charge on any atom is 0.0599 e. The van der Waals surface area contributed by atoms with Gasteiger partial charge in [-0.15, -0.1) is 0 Å². The Hall–Kier alpha value is -1.91. The number of hydrogen-bond donors (Lipinski definition) is 1. The molecule has 2 fully saturated rings. The minimum atomic E-state index is 0.744. The van der Waals surface area contributed by atoms with E-state index < -0.39 is 0 Å². The summed E-state index contributed by atoms with van der Waals surface area (Å²) in [5, 5.41) is 3.63. The highest BCUT2D eigenvalue weighted by atomic mass is 15.3. The molecule has 0 unspecified atom stereocenters. The Labute approximate surface area is 144 Å². The van der Waals surface area contributed by atoms with Crippen LogP contribution in [-0.4, -0.2) is 42.1 Å². The molecule has 1 aliphatic heterocycles. The summed E-state index contributed by atoms with van der Waals surface area (Å²) < 4.78 is 0. The van der Waals surface area contributed by atoms with Crippen molar-refractivity contribution in [1.29, 1.82) is 0 Å². The van der Waals surface area contributed by atoms with Gasteiger partial charge in [0.1, 0.15) is 0 Å². The van der Waals surface area contributed by atoms with E-state index in [1.165, 1.54) is 29.7 Å². The molecule has 0 bridgehead atoms. The monoisotopic (exact) mass is 322 g/mol. The number of rotatable bonds is 6. The van der Waals surface area contributed by atoms with E-state index in [4.69, 9.17) is 0 Å². The van der Waals surface area contributed by atoms with Gasteiger partial charge >= 0.3 is 0 Å². The van der Waals surface area contributed by atoms with Crippen molar-refractivity contribution in [2.75, 3.05) is 31.1 Å². The van der Waals surface area contributed by atoms with E-state index in [0.29, 0.717) is 0 Å². The Balaban J connectivity index is 1.35. The van der Waals surface area contributed by atoms with E-state index in [-0.39, 0.29) is 0 Å². The van der Waals surface area contributed by atoms with Crippen LogP contribution in [0.1, 0.15) is 24.0 Å². The van der Waals surface area contributed by atoms with E-state index in [1.54, 1.807) is 0 Å². The van der Waals surface area contributed by atoms with Gasteiger partial charge in [-0.3, -0.25) is 9.88 Å². The maximum atomic E-state index is 4.37. The van der Waals surface area contributed by atoms with E-state index >= 15 is 0 Å². The molecule has 1 N–H and O–H groups in total. The van der Waals surface area contributed by atoms with E-state index in [9.17, 15) is 0 Å². The van der Waals surface area contributed by atoms with Gasteiger partial charge in [0.2, 0.25) is 0 Å². The number of anilines is 1. The van der Waals surface area contributed by atoms with Crippen molar-refractivity contribution >= 4 is 5.69 Å². The first-order valence-electron chi connectivity index (χ1n) is 9.06. The zero-order valence-corrected chi connectivity index (χ0v) is 14.2. The van der Waals surface area contributed by atoms with Crippen LogP contribution in [0.4, 0.5) is 5.69 Å². The summed E-state index contributed by atoms with van der Waals surface area (Å²) in [4.78, 5) is 9.41. The highest BCUT2D eigenvalue weighted by Gasteiger charge is 2.22. The number of nitrogens with zero attached hydrogens (tertiary/aromatic N) is 3. The lowest BCUT2D eigenvalue weighted by Crippen LogP contribution is -2.46. The Bertz CT molecular complexity index is 646. The van der Waals surface area contributed by atoms with Gasteiger partial charge in [0, 0.05) is 51.5 Å². The van der Waals surface area contributed by atoms with Crippen LogP contribution >= 0.6 is 0 Å². The molecule has 1 saturated carbocycles. The van der Waals surface area contributed by atoms with Crippen molar-refractivity contribution in [3.8, 4) is 0 Å². The first-order valence-corrected chi connectivity index (χ1v) is 9.06. The van der Waals surface area contributed by atoms with Gasteiger partial charge in [-0.1, -0.05) is 30.3 Å². The van der Waals surface area contributed by atoms with Crippen LogP contribution in [-0.2, 0) is 13.1 Å². The highest BCUT2D eigenvalue weighted by molar-refractivity contribution is 5.52. The number of hydrogen-bond acceptors (Lipinski definition) is 4. The van der Waals surface area contributed by atoms with Gasteiger partial charge in [-0.05, 0) is 30.0 Å². The standard InChI is InChI=1S/C20H26N4/c1-2-4-17(5-3-1)16-23-10-12-24(13-11-23)20-15-21-9-8-18(20)14-22-19-6-7-19/h1-5,8-9,15,19,22H,6-7,10-14,16H2. The van der Waals surface area contributed by atoms with E-state index in [0.717, 1.165) is 45.3 Å². The summed E-state index contributed by atoms with van der Waals surface area (Å²) in [6, 6.07) is 13.7. The summed E-state index contributed by atoms with van der Waals surface area (Å²) in [5.74, 6) is 0. The molecule has 0 amide bonds. The Morgan fingerprint density at radius 2 is 1.79 bits per heavy atom. The molecule has 126 valence electrons. The Kier molecular flexibility index (Phi) is 4.76. The first-order chi connectivity index (χ1) is 11.9. The normalized spacial score (nSPS) is 18.8. The number of nitrogens with one attached hydrogen (secondary N) is 1. The molecule has 1 aromatic heterocycles. The SMILES string of the molecule is c1ccc(CN2CCN(c3cnccc3CNC3CC3)CC2)cc1. The topological polar surface area (TPSA) is 31.4 Å². The summed E-state index contributed by atoms with van der Waals surface area (Å²) >= 11 is 0. The Morgan fingerprint density at radius 3 is 2.54 bits per heavy atom. The van der Waals surface area contributed by atoms with Crippen LogP contribution < -0.4 is 10.2 Å². The van der Waals surface area contributed by atoms with Crippen molar-refractivity contribution in [2.24, 2.45) is 0 Å². The van der Waals surface area contributed by atoms with Gasteiger partial charge in [0.15, 0.2) is 0 Å². The molecule has 1 aromatic carbocycles. The average molecular weight is 322 g/mol. The molecule has 1 saturated heterocycles. The maximum absolute atomic E-state index is 4.37. The predicted molar refractivity (Wildman–Crippen MR) is 98.0 cm³/mol. The second kappa shape index (κ2) is 7.32. The molecule has 24 heavy (non-hydrogen) atoms. The predicted octanol–water partition coefficient (Wildman–Crippen LogP) is 2.66. The van der Waals surface area contributed by atoms with Gasteiger partial charge in [0.25, 0.3) is 0 Å². The second-order valence-electron chi connectivity index (χ2n) is 6.91. The van der Waals surface area contributed by atoms with Crippen LogP contribution in [0, 0.1) is 0 Å². The zero-order chi connectivity index (χ0) is 16.2. The lowest BCUT2D eigenvalue weighted by atomic mass is 10.1. The molecule has 0 spiro atoms. The zero-order valence-electron chi connectivity index (χ0n) is 14.2. The molecular formula is C20H26N4. The van der Waals surface area contributed by atoms with Crippen LogP contribution in [0.5, 0.6) is 0 Å². The molecule has 0 atom stereocenters. The largest absolute Gasteiger partial charge is 0.367 e. The third-order valence-electron chi connectivity index (χ3n) is 5.01. The summed E-state index contributed by atoms with van der Waals surface area (Å²) in [7, 11) is 0. The summed E-state index contributed by atoms with van der Waals surface area (Å²) in [5.41, 5.74) is 4.10. The molecule has 4 rings (SSSR count). The molecule has 0 radical (unpaired) electrons. The fraction of sp³-hybridized carbons (Fsp3) is 0.450. The highest BCUT2D eigenvalue weighted by Crippen LogP contribution is 2.24. The van der Waals surface area contributed by atoms with Crippen molar-refractivity contribution in [1.82, 2.24) is 15.2 Å². The minimum absolute atomic E-state index is 0.744. The number of piperazine rings is 1. The van der Waals surface area contributed by atoms with Crippen molar-refractivity contribution in [3.63, 3.8) is 0 Å². The van der Waals surface area contributed by atoms with Crippen LogP contribution in [0.3, 0.4) is 0 Å². The fourth-order valence-electron chi connectivity index (χ4n) is 3.38.